The van der Waals surface area contributed by atoms with E-state index in [1.54, 1.807) is 0 Å². The van der Waals surface area contributed by atoms with Crippen molar-refractivity contribution in [1.29, 1.82) is 0 Å². The molecule has 0 amide bonds. The molecule has 0 spiro atoms. The van der Waals surface area contributed by atoms with Gasteiger partial charge in [-0.3, -0.25) is 0 Å². The second-order valence-corrected chi connectivity index (χ2v) is 5.08. The molecule has 0 heterocycles. The molecule has 6 heteroatoms. The number of rotatable bonds is 3. The smallest absolute Gasteiger partial charge is 0.206 e. The monoisotopic (exact) mass is 284 g/mol. The van der Waals surface area contributed by atoms with Gasteiger partial charge in [0.05, 0.1) is 10.2 Å². The fourth-order valence-electron chi connectivity index (χ4n) is 0.935. The van der Waals surface area contributed by atoms with Crippen molar-refractivity contribution in [2.75, 3.05) is 5.75 Å². The molecule has 0 saturated carbocycles. The summed E-state index contributed by atoms with van der Waals surface area (Å²) in [6, 6.07) is 4.05. The molecular weight excluding hydrogens is 278 g/mol. The van der Waals surface area contributed by atoms with Gasteiger partial charge in [0.15, 0.2) is 0 Å². The van der Waals surface area contributed by atoms with Crippen molar-refractivity contribution >= 4 is 26.2 Å². The Balaban J connectivity index is 2.74. The van der Waals surface area contributed by atoms with Gasteiger partial charge < -0.3 is 0 Å². The van der Waals surface area contributed by atoms with Crippen LogP contribution in [0.4, 0.5) is 8.28 Å². The molecule has 1 aromatic carbocycles. The lowest BCUT2D eigenvalue weighted by atomic mass is 10.2. The molecule has 0 bridgehead atoms. The summed E-state index contributed by atoms with van der Waals surface area (Å²) in [6.07, 6.45) is 0.0394. The second kappa shape index (κ2) is 4.35. The summed E-state index contributed by atoms with van der Waals surface area (Å²) in [5.74, 6) is -1.01. The van der Waals surface area contributed by atoms with Crippen LogP contribution < -0.4 is 0 Å². The molecule has 0 radical (unpaired) electrons. The fraction of sp³-hybridized carbons (Fsp3) is 0.250. The SMILES string of the molecule is O=S(=O)(F)CCc1ccc(F)c(Br)c1. The van der Waals surface area contributed by atoms with Gasteiger partial charge in [0.2, 0.25) is 0 Å². The largest absolute Gasteiger partial charge is 0.302 e. The molecule has 0 unspecified atom stereocenters. The zero-order chi connectivity index (χ0) is 10.8. The Morgan fingerprint density at radius 3 is 2.50 bits per heavy atom. The van der Waals surface area contributed by atoms with E-state index in [4.69, 9.17) is 0 Å². The molecule has 14 heavy (non-hydrogen) atoms. The summed E-state index contributed by atoms with van der Waals surface area (Å²) in [5.41, 5.74) is 0.569. The molecular formula is C8H7BrF2O2S. The molecule has 2 nitrogen and oxygen atoms in total. The van der Waals surface area contributed by atoms with E-state index in [9.17, 15) is 16.7 Å². The summed E-state index contributed by atoms with van der Waals surface area (Å²) in [5, 5.41) is 0. The van der Waals surface area contributed by atoms with Gasteiger partial charge in [-0.1, -0.05) is 6.07 Å². The van der Waals surface area contributed by atoms with Crippen LogP contribution in [0.2, 0.25) is 0 Å². The van der Waals surface area contributed by atoms with E-state index in [2.05, 4.69) is 15.9 Å². The standard InChI is InChI=1S/C8H7BrF2O2S/c9-7-5-6(1-2-8(7)10)3-4-14(11,12)13/h1-2,5H,3-4H2. The van der Waals surface area contributed by atoms with Crippen molar-refractivity contribution in [2.45, 2.75) is 6.42 Å². The van der Waals surface area contributed by atoms with Crippen LogP contribution in [0.15, 0.2) is 22.7 Å². The van der Waals surface area contributed by atoms with Crippen molar-refractivity contribution < 1.29 is 16.7 Å². The number of hydrogen-bond acceptors (Lipinski definition) is 2. The maximum absolute atomic E-state index is 12.7. The van der Waals surface area contributed by atoms with Crippen LogP contribution in [0.25, 0.3) is 0 Å². The minimum Gasteiger partial charge on any atom is -0.206 e. The summed E-state index contributed by atoms with van der Waals surface area (Å²) >= 11 is 2.95. The van der Waals surface area contributed by atoms with Crippen LogP contribution >= 0.6 is 15.9 Å². The highest BCUT2D eigenvalue weighted by Gasteiger charge is 2.08. The minimum absolute atomic E-state index is 0.0394. The van der Waals surface area contributed by atoms with Crippen molar-refractivity contribution in [3.8, 4) is 0 Å². The Hall–Kier alpha value is -0.490. The number of aryl methyl sites for hydroxylation is 1. The first-order valence-corrected chi connectivity index (χ1v) is 6.09. The maximum Gasteiger partial charge on any atom is 0.302 e. The van der Waals surface area contributed by atoms with Crippen LogP contribution in [0.3, 0.4) is 0 Å². The average Bonchev–Trinajstić information content (AvgIpc) is 2.06. The number of benzene rings is 1. The van der Waals surface area contributed by atoms with Crippen LogP contribution in [-0.4, -0.2) is 14.2 Å². The first kappa shape index (κ1) is 11.6. The van der Waals surface area contributed by atoms with Gasteiger partial charge >= 0.3 is 10.2 Å². The van der Waals surface area contributed by atoms with Crippen molar-refractivity contribution in [3.63, 3.8) is 0 Å². The van der Waals surface area contributed by atoms with Gasteiger partial charge in [-0.2, -0.15) is 8.42 Å². The van der Waals surface area contributed by atoms with Crippen LogP contribution in [0.5, 0.6) is 0 Å². The fourth-order valence-corrected chi connectivity index (χ4v) is 1.84. The third-order valence-electron chi connectivity index (χ3n) is 1.62. The highest BCUT2D eigenvalue weighted by Crippen LogP contribution is 2.17. The van der Waals surface area contributed by atoms with Crippen molar-refractivity contribution in [1.82, 2.24) is 0 Å². The molecule has 0 aliphatic carbocycles. The zero-order valence-electron chi connectivity index (χ0n) is 7.00. The molecule has 1 aromatic rings. The molecule has 0 N–H and O–H groups in total. The van der Waals surface area contributed by atoms with Gasteiger partial charge in [-0.05, 0) is 40.0 Å². The van der Waals surface area contributed by atoms with E-state index in [1.807, 2.05) is 0 Å². The van der Waals surface area contributed by atoms with Crippen LogP contribution in [0, 0.1) is 5.82 Å². The summed E-state index contributed by atoms with van der Waals surface area (Å²) in [4.78, 5) is 0. The third-order valence-corrected chi connectivity index (χ3v) is 2.92. The molecule has 0 aliphatic rings. The van der Waals surface area contributed by atoms with Crippen molar-refractivity contribution in [2.24, 2.45) is 0 Å². The van der Waals surface area contributed by atoms with Gasteiger partial charge in [0.25, 0.3) is 0 Å². The van der Waals surface area contributed by atoms with Crippen LogP contribution in [-0.2, 0) is 16.6 Å². The van der Waals surface area contributed by atoms with E-state index in [0.717, 1.165) is 0 Å². The first-order chi connectivity index (χ1) is 6.38. The Morgan fingerprint density at radius 2 is 2.00 bits per heavy atom. The summed E-state index contributed by atoms with van der Waals surface area (Å²) in [7, 11) is -4.45. The topological polar surface area (TPSA) is 34.1 Å². The Morgan fingerprint density at radius 1 is 1.36 bits per heavy atom. The first-order valence-electron chi connectivity index (χ1n) is 3.75. The minimum atomic E-state index is -4.45. The van der Waals surface area contributed by atoms with E-state index in [1.165, 1.54) is 18.2 Å². The summed E-state index contributed by atoms with van der Waals surface area (Å²) in [6.45, 7) is 0. The second-order valence-electron chi connectivity index (χ2n) is 2.74. The lowest BCUT2D eigenvalue weighted by Crippen LogP contribution is -2.02. The van der Waals surface area contributed by atoms with Gasteiger partial charge in [-0.25, -0.2) is 4.39 Å². The number of halogens is 3. The van der Waals surface area contributed by atoms with Gasteiger partial charge in [0, 0.05) is 0 Å². The number of hydrogen-bond donors (Lipinski definition) is 0. The molecule has 1 rings (SSSR count). The lowest BCUT2D eigenvalue weighted by molar-refractivity contribution is 0.551. The Labute approximate surface area is 89.3 Å². The van der Waals surface area contributed by atoms with E-state index < -0.39 is 21.8 Å². The van der Waals surface area contributed by atoms with E-state index >= 15 is 0 Å². The quantitative estimate of drug-likeness (QED) is 0.799. The van der Waals surface area contributed by atoms with Crippen molar-refractivity contribution in [3.05, 3.63) is 34.1 Å². The maximum atomic E-state index is 12.7. The molecule has 0 fully saturated rings. The molecule has 0 aromatic heterocycles. The van der Waals surface area contributed by atoms with Gasteiger partial charge in [-0.15, -0.1) is 3.89 Å². The summed E-state index contributed by atoms with van der Waals surface area (Å²) < 4.78 is 45.5. The highest BCUT2D eigenvalue weighted by molar-refractivity contribution is 9.10. The lowest BCUT2D eigenvalue weighted by Gasteiger charge is -2.00. The van der Waals surface area contributed by atoms with Gasteiger partial charge in [0.1, 0.15) is 5.82 Å². The highest BCUT2D eigenvalue weighted by atomic mass is 79.9. The van der Waals surface area contributed by atoms with Crippen LogP contribution in [0.1, 0.15) is 5.56 Å². The predicted molar refractivity (Wildman–Crippen MR) is 52.7 cm³/mol. The molecule has 0 saturated heterocycles. The van der Waals surface area contributed by atoms with E-state index in [-0.39, 0.29) is 10.9 Å². The third kappa shape index (κ3) is 3.71. The zero-order valence-corrected chi connectivity index (χ0v) is 9.41. The molecule has 0 aliphatic heterocycles. The van der Waals surface area contributed by atoms with E-state index in [0.29, 0.717) is 5.56 Å². The molecule has 78 valence electrons. The predicted octanol–water partition coefficient (Wildman–Crippen LogP) is 2.43. The Bertz CT molecular complexity index is 431. The normalized spacial score (nSPS) is 11.6. The average molecular weight is 285 g/mol. The molecule has 0 atom stereocenters. The Kier molecular flexibility index (Phi) is 3.60.